The molecule has 1 unspecified atom stereocenters. The van der Waals surface area contributed by atoms with Crippen molar-refractivity contribution in [1.29, 1.82) is 0 Å². The van der Waals surface area contributed by atoms with Crippen LogP contribution in [0.3, 0.4) is 0 Å². The highest BCUT2D eigenvalue weighted by Crippen LogP contribution is 2.18. The van der Waals surface area contributed by atoms with Crippen LogP contribution in [0.25, 0.3) is 5.82 Å². The first-order chi connectivity index (χ1) is 15.7. The Morgan fingerprint density at radius 1 is 1.12 bits per heavy atom. The maximum atomic E-state index is 12.7. The third kappa shape index (κ3) is 5.72. The van der Waals surface area contributed by atoms with E-state index >= 15 is 0 Å². The van der Waals surface area contributed by atoms with Crippen LogP contribution in [0, 0.1) is 5.92 Å². The minimum absolute atomic E-state index is 0.0249. The number of hydrogen-bond acceptors (Lipinski definition) is 5. The smallest absolute Gasteiger partial charge is 0.226 e. The molecule has 1 aromatic carbocycles. The molecular weight excluding hydrogens is 406 g/mol. The fourth-order valence-corrected chi connectivity index (χ4v) is 3.74. The van der Waals surface area contributed by atoms with E-state index in [0.29, 0.717) is 32.7 Å². The molecule has 1 atom stereocenters. The van der Waals surface area contributed by atoms with Crippen molar-refractivity contribution in [3.63, 3.8) is 0 Å². The van der Waals surface area contributed by atoms with Crippen LogP contribution in [0.15, 0.2) is 67.1 Å². The van der Waals surface area contributed by atoms with E-state index in [-0.39, 0.29) is 17.7 Å². The van der Waals surface area contributed by atoms with E-state index in [1.165, 1.54) is 0 Å². The first kappa shape index (κ1) is 21.5. The highest BCUT2D eigenvalue weighted by molar-refractivity contribution is 5.81. The van der Waals surface area contributed by atoms with Gasteiger partial charge in [0.1, 0.15) is 5.75 Å². The fraction of sp³-hybridized carbons (Fsp3) is 0.333. The molecule has 1 aliphatic heterocycles. The molecule has 1 aliphatic rings. The zero-order valence-corrected chi connectivity index (χ0v) is 17.9. The third-order valence-corrected chi connectivity index (χ3v) is 5.49. The summed E-state index contributed by atoms with van der Waals surface area (Å²) in [6.45, 7) is 1.87. The van der Waals surface area contributed by atoms with Gasteiger partial charge in [0, 0.05) is 38.2 Å². The second kappa shape index (κ2) is 10.6. The Kier molecular flexibility index (Phi) is 7.12. The Labute approximate surface area is 187 Å². The van der Waals surface area contributed by atoms with Gasteiger partial charge in [0.15, 0.2) is 5.82 Å². The lowest BCUT2D eigenvalue weighted by Gasteiger charge is -2.32. The van der Waals surface area contributed by atoms with Gasteiger partial charge in [-0.05, 0) is 42.7 Å². The summed E-state index contributed by atoms with van der Waals surface area (Å²) >= 11 is 0. The van der Waals surface area contributed by atoms with Gasteiger partial charge in [0.2, 0.25) is 11.8 Å². The van der Waals surface area contributed by atoms with Crippen LogP contribution in [0.4, 0.5) is 0 Å². The highest BCUT2D eigenvalue weighted by atomic mass is 16.5. The summed E-state index contributed by atoms with van der Waals surface area (Å²) in [7, 11) is 0. The molecule has 0 aliphatic carbocycles. The normalized spacial score (nSPS) is 15.9. The van der Waals surface area contributed by atoms with E-state index in [1.54, 1.807) is 22.0 Å². The van der Waals surface area contributed by atoms with Crippen LogP contribution in [0.2, 0.25) is 0 Å². The summed E-state index contributed by atoms with van der Waals surface area (Å²) in [5, 5.41) is 7.13. The molecule has 3 heterocycles. The van der Waals surface area contributed by atoms with Crippen LogP contribution in [-0.2, 0) is 16.1 Å². The van der Waals surface area contributed by atoms with Crippen molar-refractivity contribution < 1.29 is 14.3 Å². The average Bonchev–Trinajstić information content (AvgIpc) is 3.39. The number of ether oxygens (including phenoxy) is 1. The molecule has 2 aromatic heterocycles. The molecule has 32 heavy (non-hydrogen) atoms. The topological polar surface area (TPSA) is 89.4 Å². The monoisotopic (exact) mass is 433 g/mol. The van der Waals surface area contributed by atoms with Gasteiger partial charge in [-0.15, -0.1) is 0 Å². The van der Waals surface area contributed by atoms with E-state index in [4.69, 9.17) is 4.74 Å². The second-order valence-electron chi connectivity index (χ2n) is 7.78. The van der Waals surface area contributed by atoms with Gasteiger partial charge in [-0.1, -0.05) is 24.3 Å². The number of nitrogens with zero attached hydrogens (tertiary/aromatic N) is 4. The molecule has 8 heteroatoms. The molecule has 0 bridgehead atoms. The van der Waals surface area contributed by atoms with Crippen molar-refractivity contribution in [2.75, 3.05) is 19.7 Å². The maximum Gasteiger partial charge on any atom is 0.226 e. The number of likely N-dealkylation sites (tertiary alicyclic amines) is 1. The zero-order valence-electron chi connectivity index (χ0n) is 17.9. The van der Waals surface area contributed by atoms with Crippen molar-refractivity contribution in [2.45, 2.75) is 25.8 Å². The summed E-state index contributed by atoms with van der Waals surface area (Å²) < 4.78 is 7.30. The molecule has 2 amide bonds. The van der Waals surface area contributed by atoms with Crippen molar-refractivity contribution in [2.24, 2.45) is 5.92 Å². The molecule has 0 saturated carbocycles. The number of carbonyl (C=O) groups excluding carboxylic acids is 2. The summed E-state index contributed by atoms with van der Waals surface area (Å²) in [4.78, 5) is 31.4. The summed E-state index contributed by atoms with van der Waals surface area (Å²) in [5.74, 6) is 1.28. The van der Waals surface area contributed by atoms with E-state index in [9.17, 15) is 9.59 Å². The van der Waals surface area contributed by atoms with Gasteiger partial charge < -0.3 is 15.0 Å². The Morgan fingerprint density at radius 3 is 2.75 bits per heavy atom. The number of amides is 2. The fourth-order valence-electron chi connectivity index (χ4n) is 3.74. The van der Waals surface area contributed by atoms with Crippen LogP contribution >= 0.6 is 0 Å². The molecular formula is C24H27N5O3. The van der Waals surface area contributed by atoms with Gasteiger partial charge in [0.05, 0.1) is 18.9 Å². The van der Waals surface area contributed by atoms with Crippen molar-refractivity contribution in [1.82, 2.24) is 25.0 Å². The van der Waals surface area contributed by atoms with Gasteiger partial charge in [-0.2, -0.15) is 5.10 Å². The zero-order chi connectivity index (χ0) is 22.2. The molecule has 0 radical (unpaired) electrons. The van der Waals surface area contributed by atoms with Gasteiger partial charge >= 0.3 is 0 Å². The Balaban J connectivity index is 1.22. The lowest BCUT2D eigenvalue weighted by Crippen LogP contribution is -2.45. The standard InChI is InChI=1S/C24H27N5O3/c30-23(11-15-32-21-7-2-1-3-8-21)28-13-4-6-20(18-28)24(31)26-17-19-9-10-22(25-16-19)29-14-5-12-27-29/h1-3,5,7-10,12,14,16,20H,4,6,11,13,15,17-18H2,(H,26,31). The van der Waals surface area contributed by atoms with Crippen LogP contribution in [0.1, 0.15) is 24.8 Å². The van der Waals surface area contributed by atoms with Crippen LogP contribution < -0.4 is 10.1 Å². The SMILES string of the molecule is O=C(NCc1ccc(-n2cccn2)nc1)C1CCCN(C(=O)CCOc2ccccc2)C1. The van der Waals surface area contributed by atoms with Gasteiger partial charge in [0.25, 0.3) is 0 Å². The number of hydrogen-bond donors (Lipinski definition) is 1. The quantitative estimate of drug-likeness (QED) is 0.590. The number of carbonyl (C=O) groups is 2. The molecule has 1 saturated heterocycles. The van der Waals surface area contributed by atoms with Gasteiger partial charge in [-0.25, -0.2) is 9.67 Å². The minimum atomic E-state index is -0.195. The number of pyridine rings is 1. The molecule has 166 valence electrons. The molecule has 8 nitrogen and oxygen atoms in total. The highest BCUT2D eigenvalue weighted by Gasteiger charge is 2.28. The number of nitrogens with one attached hydrogen (secondary N) is 1. The largest absolute Gasteiger partial charge is 0.493 e. The number of piperidine rings is 1. The maximum absolute atomic E-state index is 12.7. The van der Waals surface area contributed by atoms with Gasteiger partial charge in [-0.3, -0.25) is 9.59 Å². The second-order valence-corrected chi connectivity index (χ2v) is 7.78. The van der Waals surface area contributed by atoms with Crippen molar-refractivity contribution in [3.05, 3.63) is 72.7 Å². The molecule has 1 N–H and O–H groups in total. The number of aromatic nitrogens is 3. The lowest BCUT2D eigenvalue weighted by atomic mass is 9.96. The Bertz CT molecular complexity index is 1010. The Morgan fingerprint density at radius 2 is 2.00 bits per heavy atom. The summed E-state index contributed by atoms with van der Waals surface area (Å²) in [6.07, 6.45) is 7.17. The summed E-state index contributed by atoms with van der Waals surface area (Å²) in [6, 6.07) is 15.1. The van der Waals surface area contributed by atoms with Crippen molar-refractivity contribution in [3.8, 4) is 11.6 Å². The van der Waals surface area contributed by atoms with E-state index < -0.39 is 0 Å². The van der Waals surface area contributed by atoms with E-state index in [1.807, 2.05) is 54.7 Å². The lowest BCUT2D eigenvalue weighted by molar-refractivity contribution is -0.136. The molecule has 3 aromatic rings. The van der Waals surface area contributed by atoms with Crippen LogP contribution in [0.5, 0.6) is 5.75 Å². The number of benzene rings is 1. The average molecular weight is 434 g/mol. The molecule has 4 rings (SSSR count). The minimum Gasteiger partial charge on any atom is -0.493 e. The molecule has 1 fully saturated rings. The Hall–Kier alpha value is -3.68. The molecule has 0 spiro atoms. The first-order valence-electron chi connectivity index (χ1n) is 10.9. The van der Waals surface area contributed by atoms with Crippen molar-refractivity contribution >= 4 is 11.8 Å². The predicted octanol–water partition coefficient (Wildman–Crippen LogP) is 2.59. The third-order valence-electron chi connectivity index (χ3n) is 5.49. The van der Waals surface area contributed by atoms with E-state index in [0.717, 1.165) is 30.0 Å². The number of para-hydroxylation sites is 1. The summed E-state index contributed by atoms with van der Waals surface area (Å²) in [5.41, 5.74) is 0.913. The first-order valence-corrected chi connectivity index (χ1v) is 10.9. The van der Waals surface area contributed by atoms with Crippen LogP contribution in [-0.4, -0.2) is 51.2 Å². The number of rotatable bonds is 8. The predicted molar refractivity (Wildman–Crippen MR) is 119 cm³/mol. The van der Waals surface area contributed by atoms with E-state index in [2.05, 4.69) is 15.4 Å².